The fourth-order valence-corrected chi connectivity index (χ4v) is 2.94. The largest absolute Gasteiger partial charge is 0.416 e. The summed E-state index contributed by atoms with van der Waals surface area (Å²) in [5.41, 5.74) is 1.14. The van der Waals surface area contributed by atoms with Crippen molar-refractivity contribution in [2.45, 2.75) is 31.9 Å². The summed E-state index contributed by atoms with van der Waals surface area (Å²) < 4.78 is 38.4. The number of hydrogen-bond donors (Lipinski definition) is 2. The quantitative estimate of drug-likeness (QED) is 0.884. The highest BCUT2D eigenvalue weighted by Crippen LogP contribution is 2.34. The first-order chi connectivity index (χ1) is 10.4. The third-order valence-corrected chi connectivity index (χ3v) is 4.16. The average Bonchev–Trinajstić information content (AvgIpc) is 2.96. The minimum atomic E-state index is -4.31. The molecule has 0 atom stereocenters. The smallest absolute Gasteiger partial charge is 0.342 e. The lowest BCUT2D eigenvalue weighted by Crippen LogP contribution is -2.27. The fraction of sp³-hybridized carbons (Fsp3) is 0.438. The Kier molecular flexibility index (Phi) is 3.95. The molecular weight excluding hydrogens is 291 g/mol. The van der Waals surface area contributed by atoms with Gasteiger partial charge in [0.25, 0.3) is 0 Å². The minimum absolute atomic E-state index is 0.225. The first-order valence-electron chi connectivity index (χ1n) is 7.39. The lowest BCUT2D eigenvalue weighted by molar-refractivity contribution is -0.138. The molecule has 3 nitrogen and oxygen atoms in total. The molecule has 0 aliphatic carbocycles. The van der Waals surface area contributed by atoms with Gasteiger partial charge in [-0.15, -0.1) is 0 Å². The Balaban J connectivity index is 1.85. The third-order valence-electron chi connectivity index (χ3n) is 4.16. The van der Waals surface area contributed by atoms with Gasteiger partial charge in [-0.05, 0) is 56.1 Å². The molecular formula is C16H18F3N3. The molecule has 22 heavy (non-hydrogen) atoms. The highest BCUT2D eigenvalue weighted by molar-refractivity contribution is 5.60. The number of rotatable bonds is 2. The van der Waals surface area contributed by atoms with Crippen molar-refractivity contribution in [1.29, 1.82) is 0 Å². The molecule has 2 heterocycles. The van der Waals surface area contributed by atoms with Crippen molar-refractivity contribution in [3.63, 3.8) is 0 Å². The van der Waals surface area contributed by atoms with Crippen LogP contribution in [0.3, 0.4) is 0 Å². The van der Waals surface area contributed by atoms with Crippen LogP contribution in [0.4, 0.5) is 13.2 Å². The number of imidazole rings is 1. The van der Waals surface area contributed by atoms with Gasteiger partial charge in [0.15, 0.2) is 0 Å². The monoisotopic (exact) mass is 309 g/mol. The van der Waals surface area contributed by atoms with Gasteiger partial charge >= 0.3 is 6.18 Å². The van der Waals surface area contributed by atoms with Crippen molar-refractivity contribution in [2.24, 2.45) is 0 Å². The number of alkyl halides is 3. The molecule has 1 aromatic carbocycles. The summed E-state index contributed by atoms with van der Waals surface area (Å²) in [4.78, 5) is 7.68. The van der Waals surface area contributed by atoms with Gasteiger partial charge in [-0.2, -0.15) is 13.2 Å². The number of halogens is 3. The van der Waals surface area contributed by atoms with E-state index in [1.54, 1.807) is 12.3 Å². The Morgan fingerprint density at radius 3 is 2.55 bits per heavy atom. The van der Waals surface area contributed by atoms with Crippen LogP contribution in [-0.2, 0) is 6.18 Å². The molecule has 6 heteroatoms. The summed E-state index contributed by atoms with van der Waals surface area (Å²) in [6.07, 6.45) is -0.547. The number of aromatic nitrogens is 2. The Morgan fingerprint density at radius 1 is 1.18 bits per heavy atom. The Bertz CT molecular complexity index is 655. The van der Waals surface area contributed by atoms with Crippen LogP contribution < -0.4 is 5.32 Å². The maximum Gasteiger partial charge on any atom is 0.416 e. The molecule has 118 valence electrons. The maximum absolute atomic E-state index is 12.8. The van der Waals surface area contributed by atoms with Gasteiger partial charge in [0.2, 0.25) is 0 Å². The summed E-state index contributed by atoms with van der Waals surface area (Å²) in [6.45, 7) is 3.43. The van der Waals surface area contributed by atoms with Gasteiger partial charge in [0.05, 0.1) is 17.5 Å². The second-order valence-corrected chi connectivity index (χ2v) is 5.73. The van der Waals surface area contributed by atoms with Crippen molar-refractivity contribution in [2.75, 3.05) is 13.1 Å². The molecule has 0 amide bonds. The van der Waals surface area contributed by atoms with Gasteiger partial charge in [0.1, 0.15) is 5.82 Å². The average molecular weight is 309 g/mol. The zero-order chi connectivity index (χ0) is 15.7. The molecule has 0 spiro atoms. The standard InChI is InChI=1S/C16H18F3N3/c1-10-8-12(2-3-13(10)16(17,18)19)14-9-21-15(22-14)11-4-6-20-7-5-11/h2-3,8-9,11,20H,4-7H2,1H3,(H,21,22). The molecule has 0 saturated carbocycles. The lowest BCUT2D eigenvalue weighted by Gasteiger charge is -2.20. The van der Waals surface area contributed by atoms with Crippen LogP contribution in [0.2, 0.25) is 0 Å². The lowest BCUT2D eigenvalue weighted by atomic mass is 9.97. The van der Waals surface area contributed by atoms with E-state index in [1.165, 1.54) is 13.0 Å². The maximum atomic E-state index is 12.8. The predicted octanol–water partition coefficient (Wildman–Crippen LogP) is 3.87. The van der Waals surface area contributed by atoms with Crippen molar-refractivity contribution in [3.8, 4) is 11.3 Å². The van der Waals surface area contributed by atoms with E-state index in [0.717, 1.165) is 49.1 Å². The molecule has 1 fully saturated rings. The molecule has 0 bridgehead atoms. The molecule has 2 N–H and O–H groups in total. The summed E-state index contributed by atoms with van der Waals surface area (Å²) in [5.74, 6) is 1.32. The number of H-pyrrole nitrogens is 1. The van der Waals surface area contributed by atoms with Gasteiger partial charge in [-0.3, -0.25) is 0 Å². The molecule has 1 aliphatic heterocycles. The van der Waals surface area contributed by atoms with Crippen LogP contribution in [0.15, 0.2) is 24.4 Å². The topological polar surface area (TPSA) is 40.7 Å². The summed E-state index contributed by atoms with van der Waals surface area (Å²) >= 11 is 0. The SMILES string of the molecule is Cc1cc(-c2cnc(C3CCNCC3)[nH]2)ccc1C(F)(F)F. The van der Waals surface area contributed by atoms with Crippen molar-refractivity contribution < 1.29 is 13.2 Å². The van der Waals surface area contributed by atoms with E-state index >= 15 is 0 Å². The Morgan fingerprint density at radius 2 is 1.91 bits per heavy atom. The summed E-state index contributed by atoms with van der Waals surface area (Å²) in [7, 11) is 0. The van der Waals surface area contributed by atoms with Crippen LogP contribution in [0.1, 0.15) is 35.7 Å². The van der Waals surface area contributed by atoms with E-state index in [2.05, 4.69) is 15.3 Å². The third kappa shape index (κ3) is 3.02. The van der Waals surface area contributed by atoms with E-state index < -0.39 is 11.7 Å². The van der Waals surface area contributed by atoms with Crippen LogP contribution in [0.25, 0.3) is 11.3 Å². The zero-order valence-corrected chi connectivity index (χ0v) is 12.3. The van der Waals surface area contributed by atoms with Crippen molar-refractivity contribution in [1.82, 2.24) is 15.3 Å². The van der Waals surface area contributed by atoms with E-state index in [1.807, 2.05) is 0 Å². The van der Waals surface area contributed by atoms with E-state index in [-0.39, 0.29) is 5.56 Å². The first kappa shape index (κ1) is 15.1. The van der Waals surface area contributed by atoms with E-state index in [0.29, 0.717) is 5.92 Å². The predicted molar refractivity (Wildman–Crippen MR) is 78.6 cm³/mol. The van der Waals surface area contributed by atoms with E-state index in [9.17, 15) is 13.2 Å². The Hall–Kier alpha value is -1.82. The summed E-state index contributed by atoms with van der Waals surface area (Å²) in [5, 5.41) is 3.30. The highest BCUT2D eigenvalue weighted by atomic mass is 19.4. The summed E-state index contributed by atoms with van der Waals surface area (Å²) in [6, 6.07) is 4.19. The van der Waals surface area contributed by atoms with Crippen LogP contribution >= 0.6 is 0 Å². The molecule has 2 aromatic rings. The number of nitrogens with zero attached hydrogens (tertiary/aromatic N) is 1. The molecule has 1 aliphatic rings. The second-order valence-electron chi connectivity index (χ2n) is 5.73. The Labute approximate surface area is 127 Å². The van der Waals surface area contributed by atoms with Gasteiger partial charge in [-0.1, -0.05) is 6.07 Å². The zero-order valence-electron chi connectivity index (χ0n) is 12.3. The highest BCUT2D eigenvalue weighted by Gasteiger charge is 2.32. The first-order valence-corrected chi connectivity index (χ1v) is 7.39. The molecule has 0 radical (unpaired) electrons. The van der Waals surface area contributed by atoms with Crippen molar-refractivity contribution >= 4 is 0 Å². The van der Waals surface area contributed by atoms with Gasteiger partial charge in [-0.25, -0.2) is 4.98 Å². The number of hydrogen-bond acceptors (Lipinski definition) is 2. The fourth-order valence-electron chi connectivity index (χ4n) is 2.94. The minimum Gasteiger partial charge on any atom is -0.342 e. The van der Waals surface area contributed by atoms with Crippen LogP contribution in [0, 0.1) is 6.92 Å². The van der Waals surface area contributed by atoms with E-state index in [4.69, 9.17) is 0 Å². The molecule has 3 rings (SSSR count). The van der Waals surface area contributed by atoms with Crippen LogP contribution in [-0.4, -0.2) is 23.1 Å². The van der Waals surface area contributed by atoms with Crippen molar-refractivity contribution in [3.05, 3.63) is 41.3 Å². The number of piperidine rings is 1. The number of aromatic amines is 1. The second kappa shape index (κ2) is 5.76. The van der Waals surface area contributed by atoms with Crippen LogP contribution in [0.5, 0.6) is 0 Å². The molecule has 1 aromatic heterocycles. The molecule has 1 saturated heterocycles. The number of aryl methyl sites for hydroxylation is 1. The number of benzene rings is 1. The normalized spacial score (nSPS) is 16.9. The van der Waals surface area contributed by atoms with Gasteiger partial charge in [0, 0.05) is 5.92 Å². The molecule has 0 unspecified atom stereocenters. The van der Waals surface area contributed by atoms with Gasteiger partial charge < -0.3 is 10.3 Å². The number of nitrogens with one attached hydrogen (secondary N) is 2.